The number of aromatic nitrogens is 4. The minimum absolute atomic E-state index is 0.0109. The first kappa shape index (κ1) is 23.9. The highest BCUT2D eigenvalue weighted by Crippen LogP contribution is 2.29. The average molecular weight is 502 g/mol. The van der Waals surface area contributed by atoms with Gasteiger partial charge in [0.2, 0.25) is 5.88 Å². The summed E-state index contributed by atoms with van der Waals surface area (Å²) in [5.74, 6) is 0.0886. The molecule has 4 aromatic rings. The lowest BCUT2D eigenvalue weighted by molar-refractivity contribution is 0.278. The largest absolute Gasteiger partial charge is 0.462 e. The molecule has 0 unspecified atom stereocenters. The Morgan fingerprint density at radius 3 is 2.73 bits per heavy atom. The van der Waals surface area contributed by atoms with Crippen LogP contribution in [0.1, 0.15) is 19.4 Å². The van der Waals surface area contributed by atoms with Crippen molar-refractivity contribution in [3.8, 4) is 11.6 Å². The van der Waals surface area contributed by atoms with E-state index in [1.807, 2.05) is 26.0 Å². The molecule has 11 nitrogen and oxygen atoms in total. The smallest absolute Gasteiger partial charge is 0.289 e. The summed E-state index contributed by atoms with van der Waals surface area (Å²) in [6, 6.07) is 12.0. The van der Waals surface area contributed by atoms with Crippen LogP contribution in [0, 0.1) is 5.82 Å². The minimum atomic E-state index is -0.583. The Bertz CT molecular complexity index is 1540. The van der Waals surface area contributed by atoms with Crippen molar-refractivity contribution in [2.45, 2.75) is 19.4 Å². The van der Waals surface area contributed by atoms with Gasteiger partial charge in [-0.25, -0.2) is 14.4 Å². The number of rotatable bonds is 6. The van der Waals surface area contributed by atoms with Crippen LogP contribution in [0.2, 0.25) is 0 Å². The number of halogens is 1. The van der Waals surface area contributed by atoms with Crippen molar-refractivity contribution in [2.75, 3.05) is 24.3 Å². The molecule has 37 heavy (non-hydrogen) atoms. The molecular formula is C25H24FN9O2. The third-order valence-electron chi connectivity index (χ3n) is 5.44. The normalized spacial score (nSPS) is 14.7. The highest BCUT2D eigenvalue weighted by molar-refractivity contribution is 6.12. The lowest BCUT2D eigenvalue weighted by Gasteiger charge is -2.15. The van der Waals surface area contributed by atoms with E-state index in [2.05, 4.69) is 47.5 Å². The van der Waals surface area contributed by atoms with Crippen LogP contribution >= 0.6 is 0 Å². The summed E-state index contributed by atoms with van der Waals surface area (Å²) in [5.41, 5.74) is 2.70. The molecule has 0 amide bonds. The van der Waals surface area contributed by atoms with Crippen LogP contribution in [-0.4, -0.2) is 57.4 Å². The van der Waals surface area contributed by atoms with Gasteiger partial charge in [0.05, 0.1) is 11.2 Å². The van der Waals surface area contributed by atoms with Crippen LogP contribution in [0.3, 0.4) is 0 Å². The molecule has 1 aliphatic rings. The molecule has 0 bridgehead atoms. The fourth-order valence-corrected chi connectivity index (χ4v) is 3.63. The molecule has 2 N–H and O–H groups in total. The van der Waals surface area contributed by atoms with Crippen LogP contribution in [0.5, 0.6) is 11.6 Å². The summed E-state index contributed by atoms with van der Waals surface area (Å²) >= 11 is 0. The molecular weight excluding hydrogens is 477 g/mol. The summed E-state index contributed by atoms with van der Waals surface area (Å²) in [4.78, 5) is 17.1. The first-order valence-electron chi connectivity index (χ1n) is 11.3. The van der Waals surface area contributed by atoms with Gasteiger partial charge in [-0.1, -0.05) is 0 Å². The first-order valence-corrected chi connectivity index (χ1v) is 11.3. The highest BCUT2D eigenvalue weighted by Gasteiger charge is 2.26. The first-order chi connectivity index (χ1) is 17.8. The van der Waals surface area contributed by atoms with Gasteiger partial charge in [0.15, 0.2) is 17.2 Å². The molecule has 12 heteroatoms. The van der Waals surface area contributed by atoms with Crippen molar-refractivity contribution >= 4 is 41.3 Å². The van der Waals surface area contributed by atoms with Gasteiger partial charge in [-0.3, -0.25) is 14.4 Å². The summed E-state index contributed by atoms with van der Waals surface area (Å²) in [6.45, 7) is 8.13. The highest BCUT2D eigenvalue weighted by atomic mass is 19.1. The third kappa shape index (κ3) is 5.22. The van der Waals surface area contributed by atoms with Gasteiger partial charge in [0.1, 0.15) is 25.1 Å². The van der Waals surface area contributed by atoms with E-state index in [1.54, 1.807) is 29.6 Å². The number of nitrogens with zero attached hydrogens (tertiary/aromatic N) is 7. The van der Waals surface area contributed by atoms with Gasteiger partial charge < -0.3 is 20.1 Å². The molecule has 1 aliphatic heterocycles. The lowest BCUT2D eigenvalue weighted by atomic mass is 10.1. The van der Waals surface area contributed by atoms with Gasteiger partial charge in [-0.15, -0.1) is 10.2 Å². The van der Waals surface area contributed by atoms with Crippen molar-refractivity contribution in [3.05, 3.63) is 66.5 Å². The molecule has 0 aliphatic carbocycles. The number of ether oxygens (including phenoxy) is 2. The maximum Gasteiger partial charge on any atom is 0.289 e. The zero-order valence-electron chi connectivity index (χ0n) is 20.4. The summed E-state index contributed by atoms with van der Waals surface area (Å²) in [5, 5.41) is 14.0. The molecule has 0 atom stereocenters. The molecule has 0 radical (unpaired) electrons. The van der Waals surface area contributed by atoms with E-state index in [1.165, 1.54) is 24.8 Å². The molecule has 0 fully saturated rings. The molecule has 0 saturated heterocycles. The fourth-order valence-electron chi connectivity index (χ4n) is 3.63. The molecule has 2 aromatic heterocycles. The van der Waals surface area contributed by atoms with Crippen LogP contribution in [-0.2, 0) is 4.74 Å². The number of hydrogen-bond donors (Lipinski definition) is 2. The van der Waals surface area contributed by atoms with Crippen molar-refractivity contribution in [1.82, 2.24) is 19.6 Å². The number of hydrogen-bond acceptors (Lipinski definition) is 9. The van der Waals surface area contributed by atoms with E-state index < -0.39 is 5.82 Å². The fraction of sp³-hybridized carbons (Fsp3) is 0.200. The number of nitrogens with one attached hydrogen (secondary N) is 2. The van der Waals surface area contributed by atoms with E-state index in [9.17, 15) is 4.39 Å². The van der Waals surface area contributed by atoms with E-state index >= 15 is 0 Å². The zero-order chi connectivity index (χ0) is 26.0. The van der Waals surface area contributed by atoms with Crippen LogP contribution in [0.25, 0.3) is 5.65 Å². The van der Waals surface area contributed by atoms with Gasteiger partial charge in [0, 0.05) is 36.1 Å². The van der Waals surface area contributed by atoms with Gasteiger partial charge >= 0.3 is 0 Å². The number of fused-ring (bicyclic) bond motifs is 1. The summed E-state index contributed by atoms with van der Waals surface area (Å²) in [6.07, 6.45) is 3.00. The third-order valence-corrected chi connectivity index (χ3v) is 5.44. The number of benzene rings is 2. The number of anilines is 2. The van der Waals surface area contributed by atoms with E-state index in [4.69, 9.17) is 9.47 Å². The van der Waals surface area contributed by atoms with Crippen molar-refractivity contribution in [3.63, 3.8) is 0 Å². The Morgan fingerprint density at radius 1 is 1.16 bits per heavy atom. The standard InChI is InChI=1S/C25H24FN9O2/c1-25(2)12-36-24(33-25)32-15-5-7-19(27-3)17(9-15)23(28-4)31-16-6-8-20(18(26)10-16)37-22-11-21-34-30-14-35(21)13-29-22/h5-11,13-14H,3,12H2,1-2,4H3,(H,28,31)(H,32,33). The Kier molecular flexibility index (Phi) is 6.22. The number of aliphatic imine (C=N–C) groups is 3. The molecule has 3 heterocycles. The van der Waals surface area contributed by atoms with E-state index in [0.717, 1.165) is 5.69 Å². The molecule has 188 valence electrons. The average Bonchev–Trinajstić information content (AvgIpc) is 3.49. The van der Waals surface area contributed by atoms with Gasteiger partial charge in [0.25, 0.3) is 6.02 Å². The predicted molar refractivity (Wildman–Crippen MR) is 140 cm³/mol. The van der Waals surface area contributed by atoms with Crippen LogP contribution in [0.4, 0.5) is 21.5 Å². The number of amidine groups is 2. The Balaban J connectivity index is 1.35. The van der Waals surface area contributed by atoms with Crippen LogP contribution in [0.15, 0.2) is 70.1 Å². The predicted octanol–water partition coefficient (Wildman–Crippen LogP) is 4.45. The van der Waals surface area contributed by atoms with Gasteiger partial charge in [-0.05, 0) is 50.9 Å². The minimum Gasteiger partial charge on any atom is -0.462 e. The molecule has 2 aromatic carbocycles. The molecule has 0 spiro atoms. The Hall–Kier alpha value is -4.87. The van der Waals surface area contributed by atoms with Crippen LogP contribution < -0.4 is 15.4 Å². The quantitative estimate of drug-likeness (QED) is 0.296. The SMILES string of the molecule is C=Nc1ccc(NC2=NC(C)(C)CO2)cc1/C(=N\C)Nc1ccc(Oc2cc3nncn3cn2)c(F)c1. The maximum absolute atomic E-state index is 14.9. The van der Waals surface area contributed by atoms with Gasteiger partial charge in [-0.2, -0.15) is 0 Å². The summed E-state index contributed by atoms with van der Waals surface area (Å²) < 4.78 is 27.8. The second-order valence-corrected chi connectivity index (χ2v) is 8.80. The lowest BCUT2D eigenvalue weighted by Crippen LogP contribution is -2.17. The second kappa shape index (κ2) is 9.64. The van der Waals surface area contributed by atoms with Crippen molar-refractivity contribution < 1.29 is 13.9 Å². The summed E-state index contributed by atoms with van der Waals surface area (Å²) in [7, 11) is 1.63. The zero-order valence-corrected chi connectivity index (χ0v) is 20.4. The molecule has 5 rings (SSSR count). The van der Waals surface area contributed by atoms with Crippen molar-refractivity contribution in [2.24, 2.45) is 15.0 Å². The topological polar surface area (TPSA) is 123 Å². The van der Waals surface area contributed by atoms with Crippen molar-refractivity contribution in [1.29, 1.82) is 0 Å². The molecule has 0 saturated carbocycles. The maximum atomic E-state index is 14.9. The van der Waals surface area contributed by atoms with E-state index in [0.29, 0.717) is 41.0 Å². The Morgan fingerprint density at radius 2 is 2.00 bits per heavy atom. The monoisotopic (exact) mass is 501 g/mol. The Labute approximate surface area is 211 Å². The second-order valence-electron chi connectivity index (χ2n) is 8.80. The van der Waals surface area contributed by atoms with E-state index in [-0.39, 0.29) is 17.2 Å².